The molecule has 5 nitrogen and oxygen atoms in total. The summed E-state index contributed by atoms with van der Waals surface area (Å²) in [5.74, 6) is 0.513. The molecule has 0 aliphatic carbocycles. The van der Waals surface area contributed by atoms with E-state index < -0.39 is 9.84 Å². The molecule has 0 spiro atoms. The van der Waals surface area contributed by atoms with E-state index in [0.29, 0.717) is 23.5 Å². The number of anilines is 1. The van der Waals surface area contributed by atoms with Gasteiger partial charge in [0.2, 0.25) is 5.89 Å². The van der Waals surface area contributed by atoms with Crippen LogP contribution in [0.4, 0.5) is 5.69 Å². The Labute approximate surface area is 122 Å². The van der Waals surface area contributed by atoms with Gasteiger partial charge in [-0.1, -0.05) is 18.2 Å². The lowest BCUT2D eigenvalue weighted by atomic mass is 10.3. The second-order valence-corrected chi connectivity index (χ2v) is 6.74. The average molecular weight is 302 g/mol. The minimum Gasteiger partial charge on any atom is -0.439 e. The summed E-state index contributed by atoms with van der Waals surface area (Å²) in [7, 11) is -3.24. The molecule has 0 aliphatic rings. The van der Waals surface area contributed by atoms with E-state index in [1.807, 2.05) is 30.3 Å². The van der Waals surface area contributed by atoms with Crippen LogP contribution in [0, 0.1) is 0 Å². The Morgan fingerprint density at radius 2 is 1.90 bits per heavy atom. The number of nitrogens with zero attached hydrogens (tertiary/aromatic N) is 1. The summed E-state index contributed by atoms with van der Waals surface area (Å²) in [4.78, 5) is 4.55. The standard InChI is InChI=1S/C15H14N2O3S/c1-21(18,19)12-7-8-14-13(9-12)17-15(20-14)10-16-11-5-3-2-4-6-11/h2-9,16H,10H2,1H3. The molecule has 1 N–H and O–H groups in total. The third-order valence-corrected chi connectivity index (χ3v) is 4.16. The van der Waals surface area contributed by atoms with Crippen LogP contribution in [-0.4, -0.2) is 19.7 Å². The summed E-state index contributed by atoms with van der Waals surface area (Å²) in [5, 5.41) is 3.19. The van der Waals surface area contributed by atoms with Crippen molar-refractivity contribution in [3.05, 3.63) is 54.4 Å². The van der Waals surface area contributed by atoms with Crippen LogP contribution in [-0.2, 0) is 16.4 Å². The predicted molar refractivity (Wildman–Crippen MR) is 80.9 cm³/mol. The smallest absolute Gasteiger partial charge is 0.214 e. The van der Waals surface area contributed by atoms with E-state index in [0.717, 1.165) is 5.69 Å². The van der Waals surface area contributed by atoms with Crippen LogP contribution in [0.2, 0.25) is 0 Å². The molecule has 0 amide bonds. The van der Waals surface area contributed by atoms with Gasteiger partial charge in [-0.05, 0) is 30.3 Å². The molecule has 2 aromatic carbocycles. The molecule has 0 saturated heterocycles. The zero-order valence-electron chi connectivity index (χ0n) is 11.4. The van der Waals surface area contributed by atoms with E-state index in [2.05, 4.69) is 10.3 Å². The van der Waals surface area contributed by atoms with Gasteiger partial charge in [-0.15, -0.1) is 0 Å². The van der Waals surface area contributed by atoms with Gasteiger partial charge >= 0.3 is 0 Å². The Hall–Kier alpha value is -2.34. The van der Waals surface area contributed by atoms with Crippen LogP contribution in [0.3, 0.4) is 0 Å². The number of oxazole rings is 1. The van der Waals surface area contributed by atoms with E-state index in [4.69, 9.17) is 4.42 Å². The van der Waals surface area contributed by atoms with Gasteiger partial charge in [0.15, 0.2) is 15.4 Å². The molecule has 1 heterocycles. The maximum Gasteiger partial charge on any atom is 0.214 e. The number of hydrogen-bond acceptors (Lipinski definition) is 5. The van der Waals surface area contributed by atoms with Crippen LogP contribution in [0.1, 0.15) is 5.89 Å². The molecule has 0 fully saturated rings. The Kier molecular flexibility index (Phi) is 3.39. The number of rotatable bonds is 4. The summed E-state index contributed by atoms with van der Waals surface area (Å²) in [6.07, 6.45) is 1.17. The van der Waals surface area contributed by atoms with Crippen molar-refractivity contribution in [3.63, 3.8) is 0 Å². The molecule has 21 heavy (non-hydrogen) atoms. The zero-order valence-corrected chi connectivity index (χ0v) is 12.2. The predicted octanol–water partition coefficient (Wildman–Crippen LogP) is 2.84. The van der Waals surface area contributed by atoms with Gasteiger partial charge in [0.05, 0.1) is 11.4 Å². The fourth-order valence-electron chi connectivity index (χ4n) is 1.99. The van der Waals surface area contributed by atoms with E-state index in [1.165, 1.54) is 18.4 Å². The Morgan fingerprint density at radius 3 is 2.62 bits per heavy atom. The first-order valence-electron chi connectivity index (χ1n) is 6.41. The van der Waals surface area contributed by atoms with Gasteiger partial charge in [0, 0.05) is 11.9 Å². The van der Waals surface area contributed by atoms with Crippen molar-refractivity contribution in [2.75, 3.05) is 11.6 Å². The highest BCUT2D eigenvalue weighted by molar-refractivity contribution is 7.90. The van der Waals surface area contributed by atoms with Crippen LogP contribution in [0.15, 0.2) is 57.8 Å². The molecule has 0 saturated carbocycles. The topological polar surface area (TPSA) is 72.2 Å². The van der Waals surface area contributed by atoms with Crippen LogP contribution in [0.5, 0.6) is 0 Å². The van der Waals surface area contributed by atoms with Crippen molar-refractivity contribution in [3.8, 4) is 0 Å². The van der Waals surface area contributed by atoms with Crippen molar-refractivity contribution in [1.82, 2.24) is 4.98 Å². The highest BCUT2D eigenvalue weighted by atomic mass is 32.2. The fraction of sp³-hybridized carbons (Fsp3) is 0.133. The summed E-state index contributed by atoms with van der Waals surface area (Å²) in [6.45, 7) is 0.437. The first-order chi connectivity index (χ1) is 10.0. The molecular weight excluding hydrogens is 288 g/mol. The molecule has 1 aromatic heterocycles. The van der Waals surface area contributed by atoms with Crippen molar-refractivity contribution in [2.45, 2.75) is 11.4 Å². The van der Waals surface area contributed by atoms with Crippen molar-refractivity contribution >= 4 is 26.6 Å². The highest BCUT2D eigenvalue weighted by Gasteiger charge is 2.11. The molecule has 0 aliphatic heterocycles. The largest absolute Gasteiger partial charge is 0.439 e. The molecule has 6 heteroatoms. The zero-order chi connectivity index (χ0) is 14.9. The summed E-state index contributed by atoms with van der Waals surface area (Å²) >= 11 is 0. The maximum atomic E-state index is 11.5. The van der Waals surface area contributed by atoms with Crippen LogP contribution >= 0.6 is 0 Å². The van der Waals surface area contributed by atoms with Crippen molar-refractivity contribution in [2.24, 2.45) is 0 Å². The number of aromatic nitrogens is 1. The van der Waals surface area contributed by atoms with Gasteiger partial charge in [-0.25, -0.2) is 13.4 Å². The van der Waals surface area contributed by atoms with E-state index >= 15 is 0 Å². The Morgan fingerprint density at radius 1 is 1.14 bits per heavy atom. The third-order valence-electron chi connectivity index (χ3n) is 3.05. The van der Waals surface area contributed by atoms with Crippen LogP contribution < -0.4 is 5.32 Å². The van der Waals surface area contributed by atoms with E-state index in [-0.39, 0.29) is 4.90 Å². The molecule has 0 radical (unpaired) electrons. The molecule has 0 bridgehead atoms. The number of fused-ring (bicyclic) bond motifs is 1. The number of sulfone groups is 1. The lowest BCUT2D eigenvalue weighted by Crippen LogP contribution is -1.99. The molecule has 108 valence electrons. The average Bonchev–Trinajstić information content (AvgIpc) is 2.87. The quantitative estimate of drug-likeness (QED) is 0.802. The van der Waals surface area contributed by atoms with Gasteiger partial charge < -0.3 is 9.73 Å². The number of para-hydroxylation sites is 1. The molecule has 3 aromatic rings. The minimum absolute atomic E-state index is 0.242. The lowest BCUT2D eigenvalue weighted by Gasteiger charge is -2.01. The Bertz CT molecular complexity index is 870. The van der Waals surface area contributed by atoms with Gasteiger partial charge in [-0.2, -0.15) is 0 Å². The maximum absolute atomic E-state index is 11.5. The number of benzene rings is 2. The normalized spacial score (nSPS) is 11.7. The highest BCUT2D eigenvalue weighted by Crippen LogP contribution is 2.20. The minimum atomic E-state index is -3.24. The second-order valence-electron chi connectivity index (χ2n) is 4.73. The molecule has 3 rings (SSSR count). The Balaban J connectivity index is 1.84. The summed E-state index contributed by atoms with van der Waals surface area (Å²) < 4.78 is 28.6. The molecular formula is C15H14N2O3S. The van der Waals surface area contributed by atoms with Crippen LogP contribution in [0.25, 0.3) is 11.1 Å². The van der Waals surface area contributed by atoms with Crippen molar-refractivity contribution < 1.29 is 12.8 Å². The van der Waals surface area contributed by atoms with E-state index in [9.17, 15) is 8.42 Å². The first-order valence-corrected chi connectivity index (χ1v) is 8.30. The van der Waals surface area contributed by atoms with Gasteiger partial charge in [0.1, 0.15) is 5.52 Å². The van der Waals surface area contributed by atoms with E-state index in [1.54, 1.807) is 6.07 Å². The van der Waals surface area contributed by atoms with Crippen molar-refractivity contribution in [1.29, 1.82) is 0 Å². The molecule has 0 unspecified atom stereocenters. The lowest BCUT2D eigenvalue weighted by molar-refractivity contribution is 0.540. The summed E-state index contributed by atoms with van der Waals surface area (Å²) in [6, 6.07) is 14.4. The monoisotopic (exact) mass is 302 g/mol. The second kappa shape index (κ2) is 5.21. The fourth-order valence-corrected chi connectivity index (χ4v) is 2.64. The summed E-state index contributed by atoms with van der Waals surface area (Å²) in [5.41, 5.74) is 2.09. The first kappa shape index (κ1) is 13.6. The SMILES string of the molecule is CS(=O)(=O)c1ccc2oc(CNc3ccccc3)nc2c1. The molecule has 0 atom stereocenters. The van der Waals surface area contributed by atoms with Gasteiger partial charge in [0.25, 0.3) is 0 Å². The number of hydrogen-bond donors (Lipinski definition) is 1. The third kappa shape index (κ3) is 3.05. The van der Waals surface area contributed by atoms with Gasteiger partial charge in [-0.3, -0.25) is 0 Å². The number of nitrogens with one attached hydrogen (secondary N) is 1.